The molecule has 0 bridgehead atoms. The van der Waals surface area contributed by atoms with Gasteiger partial charge >= 0.3 is 0 Å². The molecule has 21 heavy (non-hydrogen) atoms. The molecule has 0 radical (unpaired) electrons. The van der Waals surface area contributed by atoms with Crippen molar-refractivity contribution >= 4 is 45.1 Å². The van der Waals surface area contributed by atoms with Crippen LogP contribution in [0.15, 0.2) is 48.7 Å². The Bertz CT molecular complexity index is 779. The van der Waals surface area contributed by atoms with E-state index in [4.69, 9.17) is 16.3 Å². The van der Waals surface area contributed by atoms with E-state index >= 15 is 0 Å². The Balaban J connectivity index is 2.06. The lowest BCUT2D eigenvalue weighted by atomic mass is 10.1. The Morgan fingerprint density at radius 1 is 1.14 bits per heavy atom. The maximum absolute atomic E-state index is 6.10. The van der Waals surface area contributed by atoms with Gasteiger partial charge in [-0.2, -0.15) is 0 Å². The Morgan fingerprint density at radius 2 is 1.86 bits per heavy atom. The molecule has 2 aromatic carbocycles. The summed E-state index contributed by atoms with van der Waals surface area (Å²) < 4.78 is 8.72. The van der Waals surface area contributed by atoms with Crippen LogP contribution in [0.1, 0.15) is 18.5 Å². The predicted molar refractivity (Wildman–Crippen MR) is 96.5 cm³/mol. The maximum atomic E-state index is 6.10. The third-order valence-corrected chi connectivity index (χ3v) is 4.86. The number of aromatic nitrogens is 1. The van der Waals surface area contributed by atoms with Crippen molar-refractivity contribution in [1.82, 2.24) is 4.57 Å². The van der Waals surface area contributed by atoms with Gasteiger partial charge in [-0.3, -0.25) is 0 Å². The van der Waals surface area contributed by atoms with Gasteiger partial charge in [0.25, 0.3) is 0 Å². The Morgan fingerprint density at radius 3 is 2.52 bits per heavy atom. The molecule has 3 aromatic rings. The van der Waals surface area contributed by atoms with Crippen LogP contribution >= 0.6 is 34.2 Å². The number of rotatable bonds is 3. The highest BCUT2D eigenvalue weighted by atomic mass is 127. The number of methoxy groups -OCH3 is 1. The van der Waals surface area contributed by atoms with Crippen molar-refractivity contribution in [2.24, 2.45) is 0 Å². The first-order chi connectivity index (χ1) is 10.1. The summed E-state index contributed by atoms with van der Waals surface area (Å²) in [6.07, 6.45) is 2.18. The molecular weight excluding hydrogens is 397 g/mol. The average molecular weight is 412 g/mol. The molecule has 1 heterocycles. The molecule has 0 aliphatic carbocycles. The highest BCUT2D eigenvalue weighted by Gasteiger charge is 2.13. The lowest BCUT2D eigenvalue weighted by Crippen LogP contribution is -2.05. The van der Waals surface area contributed by atoms with Crippen LogP contribution in [-0.2, 0) is 0 Å². The summed E-state index contributed by atoms with van der Waals surface area (Å²) in [6.45, 7) is 2.20. The van der Waals surface area contributed by atoms with Crippen LogP contribution in [0.5, 0.6) is 5.75 Å². The minimum Gasteiger partial charge on any atom is -0.497 e. The van der Waals surface area contributed by atoms with Crippen molar-refractivity contribution in [3.05, 3.63) is 62.8 Å². The molecule has 1 atom stereocenters. The van der Waals surface area contributed by atoms with Gasteiger partial charge in [0, 0.05) is 25.7 Å². The van der Waals surface area contributed by atoms with Crippen molar-refractivity contribution in [1.29, 1.82) is 0 Å². The molecule has 0 spiro atoms. The Labute approximate surface area is 142 Å². The SMILES string of the molecule is COc1ccc([C@H](C)n2cc(I)c3cc(Cl)ccc32)cc1. The van der Waals surface area contributed by atoms with Crippen LogP contribution in [0, 0.1) is 3.57 Å². The summed E-state index contributed by atoms with van der Waals surface area (Å²) in [6, 6.07) is 14.5. The van der Waals surface area contributed by atoms with E-state index < -0.39 is 0 Å². The van der Waals surface area contributed by atoms with E-state index in [0.29, 0.717) is 0 Å². The van der Waals surface area contributed by atoms with Crippen LogP contribution in [0.4, 0.5) is 0 Å². The van der Waals surface area contributed by atoms with E-state index in [1.165, 1.54) is 20.0 Å². The summed E-state index contributed by atoms with van der Waals surface area (Å²) in [5.41, 5.74) is 2.45. The summed E-state index contributed by atoms with van der Waals surface area (Å²) in [5.74, 6) is 0.879. The van der Waals surface area contributed by atoms with Gasteiger partial charge in [-0.1, -0.05) is 23.7 Å². The van der Waals surface area contributed by atoms with Crippen molar-refractivity contribution in [3.8, 4) is 5.75 Å². The molecule has 0 unspecified atom stereocenters. The normalized spacial score (nSPS) is 12.6. The van der Waals surface area contributed by atoms with E-state index in [9.17, 15) is 0 Å². The van der Waals surface area contributed by atoms with Gasteiger partial charge in [-0.25, -0.2) is 0 Å². The second-order valence-corrected chi connectivity index (χ2v) is 6.59. The second kappa shape index (κ2) is 5.89. The number of nitrogens with zero attached hydrogens (tertiary/aromatic N) is 1. The number of benzene rings is 2. The molecule has 4 heteroatoms. The molecule has 0 fully saturated rings. The summed E-state index contributed by atoms with van der Waals surface area (Å²) in [4.78, 5) is 0. The number of halogens is 2. The van der Waals surface area contributed by atoms with Crippen molar-refractivity contribution in [2.75, 3.05) is 7.11 Å². The predicted octanol–water partition coefficient (Wildman–Crippen LogP) is 5.52. The molecule has 0 aliphatic rings. The molecular formula is C17H15ClINO. The fourth-order valence-electron chi connectivity index (χ4n) is 2.55. The maximum Gasteiger partial charge on any atom is 0.118 e. The van der Waals surface area contributed by atoms with Gasteiger partial charge < -0.3 is 9.30 Å². The van der Waals surface area contributed by atoms with Gasteiger partial charge in [-0.15, -0.1) is 0 Å². The Hall–Kier alpha value is -1.20. The number of hydrogen-bond acceptors (Lipinski definition) is 1. The van der Waals surface area contributed by atoms with Crippen molar-refractivity contribution < 1.29 is 4.74 Å². The molecule has 3 rings (SSSR count). The molecule has 108 valence electrons. The fraction of sp³-hybridized carbons (Fsp3) is 0.176. The smallest absolute Gasteiger partial charge is 0.118 e. The van der Waals surface area contributed by atoms with Gasteiger partial charge in [0.05, 0.1) is 13.2 Å². The molecule has 0 N–H and O–H groups in total. The van der Waals surface area contributed by atoms with Gasteiger partial charge in [0.2, 0.25) is 0 Å². The van der Waals surface area contributed by atoms with Gasteiger partial charge in [-0.05, 0) is 65.4 Å². The number of ether oxygens (including phenoxy) is 1. The lowest BCUT2D eigenvalue weighted by molar-refractivity contribution is 0.414. The molecule has 2 nitrogen and oxygen atoms in total. The number of fused-ring (bicyclic) bond motifs is 1. The van der Waals surface area contributed by atoms with Gasteiger partial charge in [0.15, 0.2) is 0 Å². The van der Waals surface area contributed by atoms with Crippen molar-refractivity contribution in [2.45, 2.75) is 13.0 Å². The second-order valence-electron chi connectivity index (χ2n) is 4.99. The summed E-state index contributed by atoms with van der Waals surface area (Å²) in [5, 5.41) is 1.97. The zero-order valence-corrected chi connectivity index (χ0v) is 14.7. The quantitative estimate of drug-likeness (QED) is 0.518. The first kappa shape index (κ1) is 14.7. The molecule has 0 amide bonds. The molecule has 0 aliphatic heterocycles. The minimum absolute atomic E-state index is 0.253. The van der Waals surface area contributed by atoms with Gasteiger partial charge in [0.1, 0.15) is 5.75 Å². The van der Waals surface area contributed by atoms with E-state index in [0.717, 1.165) is 10.8 Å². The third-order valence-electron chi connectivity index (χ3n) is 3.76. The fourth-order valence-corrected chi connectivity index (χ4v) is 3.45. The van der Waals surface area contributed by atoms with Crippen LogP contribution in [0.3, 0.4) is 0 Å². The van der Waals surface area contributed by atoms with Crippen molar-refractivity contribution in [3.63, 3.8) is 0 Å². The average Bonchev–Trinajstić information content (AvgIpc) is 2.83. The zero-order chi connectivity index (χ0) is 15.0. The first-order valence-electron chi connectivity index (χ1n) is 6.69. The highest BCUT2D eigenvalue weighted by Crippen LogP contribution is 2.31. The monoisotopic (exact) mass is 411 g/mol. The van der Waals surface area contributed by atoms with Crippen LogP contribution < -0.4 is 4.74 Å². The summed E-state index contributed by atoms with van der Waals surface area (Å²) in [7, 11) is 1.68. The molecule has 0 saturated heterocycles. The van der Waals surface area contributed by atoms with Crippen LogP contribution in [0.25, 0.3) is 10.9 Å². The zero-order valence-electron chi connectivity index (χ0n) is 11.8. The third kappa shape index (κ3) is 2.77. The van der Waals surface area contributed by atoms with E-state index in [-0.39, 0.29) is 6.04 Å². The Kier molecular flexibility index (Phi) is 4.13. The molecule has 1 aromatic heterocycles. The number of hydrogen-bond donors (Lipinski definition) is 0. The highest BCUT2D eigenvalue weighted by molar-refractivity contribution is 14.1. The first-order valence-corrected chi connectivity index (χ1v) is 8.15. The largest absolute Gasteiger partial charge is 0.497 e. The van der Waals surface area contributed by atoms with Crippen LogP contribution in [-0.4, -0.2) is 11.7 Å². The van der Waals surface area contributed by atoms with E-state index in [1.807, 2.05) is 24.3 Å². The lowest BCUT2D eigenvalue weighted by Gasteiger charge is -2.16. The van der Waals surface area contributed by atoms with Crippen LogP contribution in [0.2, 0.25) is 5.02 Å². The molecule has 0 saturated carbocycles. The topological polar surface area (TPSA) is 14.2 Å². The standard InChI is InChI=1S/C17H15ClINO/c1-11(12-3-6-14(21-2)7-4-12)20-10-16(19)15-9-13(18)5-8-17(15)20/h3-11H,1-2H3/t11-/m0/s1. The van der Waals surface area contributed by atoms with E-state index in [2.05, 4.69) is 58.5 Å². The minimum atomic E-state index is 0.253. The van der Waals surface area contributed by atoms with E-state index in [1.54, 1.807) is 7.11 Å². The summed E-state index contributed by atoms with van der Waals surface area (Å²) >= 11 is 8.46.